The molecule has 0 N–H and O–H groups in total. The summed E-state index contributed by atoms with van der Waals surface area (Å²) in [5.41, 5.74) is 12.9. The zero-order valence-corrected chi connectivity index (χ0v) is 36.9. The van der Waals surface area contributed by atoms with E-state index in [1.807, 2.05) is 36.4 Å². The molecule has 1 nitrogen and oxygen atoms in total. The molecule has 294 valence electrons. The van der Waals surface area contributed by atoms with Crippen molar-refractivity contribution in [1.29, 1.82) is 0 Å². The minimum Gasteiger partial charge on any atom is -0.456 e. The van der Waals surface area contributed by atoms with E-state index in [9.17, 15) is 0 Å². The second-order valence-electron chi connectivity index (χ2n) is 14.5. The van der Waals surface area contributed by atoms with E-state index in [-0.39, 0.29) is 37.7 Å². The van der Waals surface area contributed by atoms with Crippen LogP contribution in [0.2, 0.25) is 0 Å². The van der Waals surface area contributed by atoms with Crippen LogP contribution in [0, 0.1) is 0 Å². The number of hydrogen-bond donors (Lipinski definition) is 0. The first-order valence-corrected chi connectivity index (χ1v) is 20.7. The van der Waals surface area contributed by atoms with E-state index in [0.717, 1.165) is 78.3 Å². The third-order valence-electron chi connectivity index (χ3n) is 10.3. The summed E-state index contributed by atoms with van der Waals surface area (Å²) in [6, 6.07) is 71.0. The summed E-state index contributed by atoms with van der Waals surface area (Å²) >= 11 is 0. The van der Waals surface area contributed by atoms with Crippen molar-refractivity contribution in [1.82, 2.24) is 0 Å². The molecule has 0 atom stereocenters. The van der Waals surface area contributed by atoms with Gasteiger partial charge in [0, 0.05) is 48.9 Å². The molecule has 8 aromatic rings. The molecular weight excluding hydrogens is 777 g/mol. The van der Waals surface area contributed by atoms with Crippen molar-refractivity contribution in [3.05, 3.63) is 273 Å². The molecular formula is C60H46CaO. The van der Waals surface area contributed by atoms with Crippen LogP contribution in [0.4, 0.5) is 0 Å². The fraction of sp³-hybridized carbons (Fsp3) is 0. The van der Waals surface area contributed by atoms with E-state index in [4.69, 9.17) is 4.74 Å². The van der Waals surface area contributed by atoms with Crippen molar-refractivity contribution in [3.63, 3.8) is 0 Å². The van der Waals surface area contributed by atoms with Crippen LogP contribution in [0.25, 0.3) is 72.9 Å². The Morgan fingerprint density at radius 3 is 0.694 bits per heavy atom. The largest absolute Gasteiger partial charge is 0.456 e. The molecule has 0 aliphatic rings. The van der Waals surface area contributed by atoms with Crippen molar-refractivity contribution in [2.75, 3.05) is 0 Å². The van der Waals surface area contributed by atoms with Crippen LogP contribution < -0.4 is 4.74 Å². The van der Waals surface area contributed by atoms with Crippen LogP contribution in [-0.4, -0.2) is 37.7 Å². The molecule has 0 spiro atoms. The SMILES string of the molecule is C(=Cc1ccc(Oc2ccc(C=Cc3ccccc3)c(C=Cc3ccccc3)c2C=Cc2ccccc2)c(C=Cc2ccccc2)c1C=Cc1ccccc1)c1ccccc1.[Ca]. The van der Waals surface area contributed by atoms with Crippen molar-refractivity contribution in [2.45, 2.75) is 0 Å². The van der Waals surface area contributed by atoms with Crippen LogP contribution in [0.1, 0.15) is 66.8 Å². The van der Waals surface area contributed by atoms with Gasteiger partial charge in [-0.3, -0.25) is 0 Å². The molecule has 2 radical (unpaired) electrons. The Kier molecular flexibility index (Phi) is 15.9. The molecule has 0 unspecified atom stereocenters. The Hall–Kier alpha value is -6.74. The van der Waals surface area contributed by atoms with Gasteiger partial charge in [0.15, 0.2) is 0 Å². The van der Waals surface area contributed by atoms with Crippen molar-refractivity contribution >= 4 is 111 Å². The Morgan fingerprint density at radius 1 is 0.210 bits per heavy atom. The molecule has 0 saturated heterocycles. The van der Waals surface area contributed by atoms with Crippen molar-refractivity contribution < 1.29 is 4.74 Å². The summed E-state index contributed by atoms with van der Waals surface area (Å²) in [4.78, 5) is 0. The maximum Gasteiger partial charge on any atom is 0.135 e. The van der Waals surface area contributed by atoms with Gasteiger partial charge in [-0.2, -0.15) is 0 Å². The summed E-state index contributed by atoms with van der Waals surface area (Å²) in [6.45, 7) is 0. The molecule has 2 heteroatoms. The van der Waals surface area contributed by atoms with Gasteiger partial charge in [0.25, 0.3) is 0 Å². The van der Waals surface area contributed by atoms with E-state index in [0.29, 0.717) is 0 Å². The molecule has 0 aliphatic heterocycles. The van der Waals surface area contributed by atoms with E-state index in [1.165, 1.54) is 0 Å². The molecule has 8 aromatic carbocycles. The summed E-state index contributed by atoms with van der Waals surface area (Å²) in [6.07, 6.45) is 26.2. The molecule has 0 heterocycles. The van der Waals surface area contributed by atoms with Crippen molar-refractivity contribution in [2.24, 2.45) is 0 Å². The van der Waals surface area contributed by atoms with Crippen LogP contribution >= 0.6 is 0 Å². The third kappa shape index (κ3) is 12.2. The topological polar surface area (TPSA) is 9.23 Å². The maximum absolute atomic E-state index is 7.22. The van der Waals surface area contributed by atoms with Gasteiger partial charge in [-0.05, 0) is 67.8 Å². The van der Waals surface area contributed by atoms with Gasteiger partial charge in [0.1, 0.15) is 11.5 Å². The van der Waals surface area contributed by atoms with Crippen molar-refractivity contribution in [3.8, 4) is 11.5 Å². The summed E-state index contributed by atoms with van der Waals surface area (Å²) < 4.78 is 7.22. The molecule has 62 heavy (non-hydrogen) atoms. The fourth-order valence-electron chi connectivity index (χ4n) is 7.04. The predicted molar refractivity (Wildman–Crippen MR) is 271 cm³/mol. The van der Waals surface area contributed by atoms with E-state index < -0.39 is 0 Å². The molecule has 0 fully saturated rings. The first kappa shape index (κ1) is 43.4. The number of ether oxygens (including phenoxy) is 1. The van der Waals surface area contributed by atoms with Gasteiger partial charge in [0.05, 0.1) is 0 Å². The first-order chi connectivity index (χ1) is 30.2. The average Bonchev–Trinajstić information content (AvgIpc) is 3.33. The molecule has 0 saturated carbocycles. The summed E-state index contributed by atoms with van der Waals surface area (Å²) in [5.74, 6) is 1.49. The van der Waals surface area contributed by atoms with Gasteiger partial charge in [-0.15, -0.1) is 0 Å². The van der Waals surface area contributed by atoms with Gasteiger partial charge in [-0.25, -0.2) is 0 Å². The Bertz CT molecular complexity index is 2620. The summed E-state index contributed by atoms with van der Waals surface area (Å²) in [5, 5.41) is 0. The quantitative estimate of drug-likeness (QED) is 0.0784. The monoisotopic (exact) mass is 822 g/mol. The smallest absolute Gasteiger partial charge is 0.135 e. The Labute approximate surface area is 396 Å². The van der Waals surface area contributed by atoms with Gasteiger partial charge < -0.3 is 4.74 Å². The second-order valence-corrected chi connectivity index (χ2v) is 14.5. The second kappa shape index (κ2) is 22.7. The number of rotatable bonds is 14. The zero-order chi connectivity index (χ0) is 41.3. The van der Waals surface area contributed by atoms with E-state index >= 15 is 0 Å². The van der Waals surface area contributed by atoms with Crippen LogP contribution in [0.5, 0.6) is 11.5 Å². The summed E-state index contributed by atoms with van der Waals surface area (Å²) in [7, 11) is 0. The average molecular weight is 823 g/mol. The van der Waals surface area contributed by atoms with Gasteiger partial charge in [0.2, 0.25) is 0 Å². The first-order valence-electron chi connectivity index (χ1n) is 20.7. The zero-order valence-electron chi connectivity index (χ0n) is 34.7. The number of benzene rings is 8. The standard InChI is InChI=1S/C60H46O.Ca/c1-7-19-47(20-8-1)31-37-53-39-45-59(57(43-35-51-27-15-5-16-28-51)55(53)41-33-49-23-11-3-12-24-49)61-60-46-40-54(38-32-48-21-9-2-10-22-48)56(42-34-50-25-13-4-14-26-50)58(60)44-36-52-29-17-6-18-30-52;/h1-46H;. The molecule has 8 rings (SSSR count). The molecule has 0 amide bonds. The Morgan fingerprint density at radius 2 is 0.435 bits per heavy atom. The molecule has 0 aromatic heterocycles. The Balaban J connectivity index is 0.00000578. The minimum absolute atomic E-state index is 0. The fourth-order valence-corrected chi connectivity index (χ4v) is 7.04. The van der Waals surface area contributed by atoms with E-state index in [2.05, 4.69) is 243 Å². The van der Waals surface area contributed by atoms with Gasteiger partial charge in [-0.1, -0.05) is 267 Å². The van der Waals surface area contributed by atoms with Crippen LogP contribution in [0.15, 0.2) is 206 Å². The normalized spacial score (nSPS) is 11.7. The van der Waals surface area contributed by atoms with Crippen LogP contribution in [-0.2, 0) is 0 Å². The maximum atomic E-state index is 7.22. The van der Waals surface area contributed by atoms with Crippen LogP contribution in [0.3, 0.4) is 0 Å². The number of hydrogen-bond acceptors (Lipinski definition) is 1. The van der Waals surface area contributed by atoms with Gasteiger partial charge >= 0.3 is 0 Å². The third-order valence-corrected chi connectivity index (χ3v) is 10.3. The molecule has 0 bridgehead atoms. The van der Waals surface area contributed by atoms with E-state index in [1.54, 1.807) is 0 Å². The predicted octanol–water partition coefficient (Wildman–Crippen LogP) is 16.1. The molecule has 0 aliphatic carbocycles. The minimum atomic E-state index is 0.